The van der Waals surface area contributed by atoms with Crippen LogP contribution in [0, 0.1) is 13.8 Å². The van der Waals surface area contributed by atoms with E-state index >= 15 is 0 Å². The van der Waals surface area contributed by atoms with Gasteiger partial charge in [0.05, 0.1) is 5.56 Å². The van der Waals surface area contributed by atoms with Gasteiger partial charge in [0.15, 0.2) is 6.61 Å². The number of aryl methyl sites for hydroxylation is 1. The number of Topliss-reactive ketones (excluding diaryl/α,β-unsaturated/α-hetero) is 1. The summed E-state index contributed by atoms with van der Waals surface area (Å²) in [6.07, 6.45) is 1.72. The van der Waals surface area contributed by atoms with Gasteiger partial charge in [-0.25, -0.2) is 4.79 Å². The average Bonchev–Trinajstić information content (AvgIpc) is 2.87. The second kappa shape index (κ2) is 8.42. The molecule has 0 aliphatic carbocycles. The largest absolute Gasteiger partial charge is 0.454 e. The minimum atomic E-state index is -2.99. The van der Waals surface area contributed by atoms with Crippen LogP contribution in [-0.4, -0.2) is 29.5 Å². The number of benzene rings is 1. The standard InChI is InChI=1S/C19H19F2NO4/c1-4-8-22-12(2)9-16(13(22)3)17(23)11-25-18(24)14-6-5-7-15(10-14)26-19(20)21/h4-7,9-10,19H,1,8,11H2,2-3H3. The minimum absolute atomic E-state index is 0.0214. The first-order valence-electron chi connectivity index (χ1n) is 7.86. The van der Waals surface area contributed by atoms with E-state index in [1.165, 1.54) is 18.2 Å². The van der Waals surface area contributed by atoms with Crippen LogP contribution in [0.15, 0.2) is 43.0 Å². The molecule has 0 radical (unpaired) electrons. The van der Waals surface area contributed by atoms with E-state index < -0.39 is 19.2 Å². The maximum absolute atomic E-state index is 12.3. The third-order valence-electron chi connectivity index (χ3n) is 3.81. The summed E-state index contributed by atoms with van der Waals surface area (Å²) < 4.78 is 35.6. The predicted octanol–water partition coefficient (Wildman–Crippen LogP) is 3.93. The molecule has 0 bridgehead atoms. The smallest absolute Gasteiger partial charge is 0.387 e. The van der Waals surface area contributed by atoms with Crippen LogP contribution in [0.25, 0.3) is 0 Å². The highest BCUT2D eigenvalue weighted by molar-refractivity contribution is 6.00. The Morgan fingerprint density at radius 2 is 2.00 bits per heavy atom. The van der Waals surface area contributed by atoms with Crippen LogP contribution in [0.5, 0.6) is 5.75 Å². The van der Waals surface area contributed by atoms with Gasteiger partial charge in [-0.3, -0.25) is 4.79 Å². The van der Waals surface area contributed by atoms with E-state index in [9.17, 15) is 18.4 Å². The lowest BCUT2D eigenvalue weighted by Gasteiger charge is -2.08. The fraction of sp³-hybridized carbons (Fsp3) is 0.263. The van der Waals surface area contributed by atoms with Crippen molar-refractivity contribution in [1.82, 2.24) is 4.57 Å². The van der Waals surface area contributed by atoms with Gasteiger partial charge < -0.3 is 14.0 Å². The highest BCUT2D eigenvalue weighted by atomic mass is 19.3. The van der Waals surface area contributed by atoms with E-state index in [1.807, 2.05) is 11.5 Å². The number of aromatic nitrogens is 1. The quantitative estimate of drug-likeness (QED) is 0.405. The topological polar surface area (TPSA) is 57.5 Å². The summed E-state index contributed by atoms with van der Waals surface area (Å²) in [6.45, 7) is 4.48. The van der Waals surface area contributed by atoms with Crippen molar-refractivity contribution in [3.63, 3.8) is 0 Å². The Morgan fingerprint density at radius 1 is 1.27 bits per heavy atom. The number of rotatable bonds is 8. The van der Waals surface area contributed by atoms with Gasteiger partial charge in [0.1, 0.15) is 5.75 Å². The van der Waals surface area contributed by atoms with Crippen molar-refractivity contribution < 1.29 is 27.8 Å². The van der Waals surface area contributed by atoms with Crippen LogP contribution < -0.4 is 4.74 Å². The van der Waals surface area contributed by atoms with E-state index in [-0.39, 0.29) is 17.1 Å². The van der Waals surface area contributed by atoms with Crippen molar-refractivity contribution >= 4 is 11.8 Å². The highest BCUT2D eigenvalue weighted by Gasteiger charge is 2.18. The molecule has 0 aliphatic rings. The van der Waals surface area contributed by atoms with E-state index in [0.717, 1.165) is 17.5 Å². The minimum Gasteiger partial charge on any atom is -0.454 e. The monoisotopic (exact) mass is 363 g/mol. The summed E-state index contributed by atoms with van der Waals surface area (Å²) >= 11 is 0. The van der Waals surface area contributed by atoms with Crippen LogP contribution in [-0.2, 0) is 11.3 Å². The van der Waals surface area contributed by atoms with E-state index in [1.54, 1.807) is 19.1 Å². The maximum atomic E-state index is 12.3. The van der Waals surface area contributed by atoms with Gasteiger partial charge >= 0.3 is 12.6 Å². The van der Waals surface area contributed by atoms with Gasteiger partial charge in [-0.1, -0.05) is 12.1 Å². The van der Waals surface area contributed by atoms with Crippen LogP contribution in [0.1, 0.15) is 32.1 Å². The van der Waals surface area contributed by atoms with Crippen molar-refractivity contribution in [3.05, 3.63) is 65.5 Å². The molecule has 0 saturated heterocycles. The Bertz CT molecular complexity index is 827. The normalized spacial score (nSPS) is 10.7. The second-order valence-electron chi connectivity index (χ2n) is 5.59. The fourth-order valence-electron chi connectivity index (χ4n) is 2.58. The molecule has 5 nitrogen and oxygen atoms in total. The van der Waals surface area contributed by atoms with E-state index in [2.05, 4.69) is 11.3 Å². The number of ketones is 1. The van der Waals surface area contributed by atoms with Gasteiger partial charge in [-0.15, -0.1) is 6.58 Å². The maximum Gasteiger partial charge on any atom is 0.387 e. The highest BCUT2D eigenvalue weighted by Crippen LogP contribution is 2.18. The summed E-state index contributed by atoms with van der Waals surface area (Å²) in [6, 6.07) is 6.93. The molecule has 0 N–H and O–H groups in total. The van der Waals surface area contributed by atoms with Crippen molar-refractivity contribution in [2.75, 3.05) is 6.61 Å². The summed E-state index contributed by atoms with van der Waals surface area (Å²) in [5.74, 6) is -1.30. The summed E-state index contributed by atoms with van der Waals surface area (Å²) in [7, 11) is 0. The number of allylic oxidation sites excluding steroid dienone is 1. The van der Waals surface area contributed by atoms with Gasteiger partial charge in [0, 0.05) is 23.5 Å². The summed E-state index contributed by atoms with van der Waals surface area (Å²) in [4.78, 5) is 24.4. The first kappa shape index (κ1) is 19.4. The zero-order valence-electron chi connectivity index (χ0n) is 14.5. The average molecular weight is 363 g/mol. The van der Waals surface area contributed by atoms with Gasteiger partial charge in [0.25, 0.3) is 0 Å². The molecule has 26 heavy (non-hydrogen) atoms. The van der Waals surface area contributed by atoms with Gasteiger partial charge in [0.2, 0.25) is 5.78 Å². The number of hydrogen-bond donors (Lipinski definition) is 0. The molecule has 7 heteroatoms. The summed E-state index contributed by atoms with van der Waals surface area (Å²) in [5.41, 5.74) is 2.14. The lowest BCUT2D eigenvalue weighted by atomic mass is 10.1. The number of alkyl halides is 2. The zero-order valence-corrected chi connectivity index (χ0v) is 14.5. The molecule has 0 aliphatic heterocycles. The molecule has 2 aromatic rings. The molecular weight excluding hydrogens is 344 g/mol. The molecule has 0 amide bonds. The molecule has 0 spiro atoms. The number of ether oxygens (including phenoxy) is 2. The van der Waals surface area contributed by atoms with Crippen molar-refractivity contribution in [2.24, 2.45) is 0 Å². The molecule has 0 unspecified atom stereocenters. The SMILES string of the molecule is C=CCn1c(C)cc(C(=O)COC(=O)c2cccc(OC(F)F)c2)c1C. The fourth-order valence-corrected chi connectivity index (χ4v) is 2.58. The number of nitrogens with zero attached hydrogens (tertiary/aromatic N) is 1. The first-order chi connectivity index (χ1) is 12.3. The third-order valence-corrected chi connectivity index (χ3v) is 3.81. The Labute approximate surface area is 149 Å². The van der Waals surface area contributed by atoms with E-state index in [4.69, 9.17) is 4.74 Å². The van der Waals surface area contributed by atoms with Crippen molar-refractivity contribution in [1.29, 1.82) is 0 Å². The molecule has 2 rings (SSSR count). The number of hydrogen-bond acceptors (Lipinski definition) is 4. The van der Waals surface area contributed by atoms with Crippen LogP contribution >= 0.6 is 0 Å². The van der Waals surface area contributed by atoms with Crippen LogP contribution in [0.4, 0.5) is 8.78 Å². The number of carbonyl (C=O) groups excluding carboxylic acids is 2. The lowest BCUT2D eigenvalue weighted by molar-refractivity contribution is -0.0499. The Balaban J connectivity index is 2.04. The van der Waals surface area contributed by atoms with Gasteiger partial charge in [-0.2, -0.15) is 8.78 Å². The molecule has 1 aromatic heterocycles. The lowest BCUT2D eigenvalue weighted by Crippen LogP contribution is -2.15. The van der Waals surface area contributed by atoms with Crippen molar-refractivity contribution in [3.8, 4) is 5.75 Å². The Hall–Kier alpha value is -2.96. The Morgan fingerprint density at radius 3 is 2.65 bits per heavy atom. The molecule has 1 aromatic carbocycles. The first-order valence-corrected chi connectivity index (χ1v) is 7.86. The van der Waals surface area contributed by atoms with Crippen molar-refractivity contribution in [2.45, 2.75) is 27.0 Å². The molecular formula is C19H19F2NO4. The van der Waals surface area contributed by atoms with Crippen LogP contribution in [0.2, 0.25) is 0 Å². The molecule has 0 atom stereocenters. The number of esters is 1. The third kappa shape index (κ3) is 4.56. The zero-order chi connectivity index (χ0) is 19.3. The molecule has 1 heterocycles. The molecule has 0 fully saturated rings. The predicted molar refractivity (Wildman–Crippen MR) is 91.8 cm³/mol. The number of carbonyl (C=O) groups is 2. The number of halogens is 2. The van der Waals surface area contributed by atoms with Gasteiger partial charge in [-0.05, 0) is 38.1 Å². The molecule has 0 saturated carbocycles. The molecule has 138 valence electrons. The summed E-state index contributed by atoms with van der Waals surface area (Å²) in [5, 5.41) is 0. The Kier molecular flexibility index (Phi) is 6.27. The second-order valence-corrected chi connectivity index (χ2v) is 5.59. The van der Waals surface area contributed by atoms with E-state index in [0.29, 0.717) is 12.1 Å². The van der Waals surface area contributed by atoms with Crippen LogP contribution in [0.3, 0.4) is 0 Å².